The van der Waals surface area contributed by atoms with Gasteiger partial charge < -0.3 is 15.4 Å². The van der Waals surface area contributed by atoms with E-state index in [0.717, 1.165) is 17.3 Å². The van der Waals surface area contributed by atoms with E-state index in [0.29, 0.717) is 41.6 Å². The number of anilines is 2. The van der Waals surface area contributed by atoms with Crippen LogP contribution in [0.4, 0.5) is 11.4 Å². The van der Waals surface area contributed by atoms with Crippen LogP contribution >= 0.6 is 28.1 Å². The number of hydrogen-bond donors (Lipinski definition) is 3. The second-order valence-electron chi connectivity index (χ2n) is 7.46. The highest BCUT2D eigenvalue weighted by Gasteiger charge is 2.15. The van der Waals surface area contributed by atoms with Gasteiger partial charge in [-0.25, -0.2) is 0 Å². The van der Waals surface area contributed by atoms with E-state index < -0.39 is 0 Å². The highest BCUT2D eigenvalue weighted by molar-refractivity contribution is 9.10. The molecule has 6 nitrogen and oxygen atoms in total. The second-order valence-corrected chi connectivity index (χ2v) is 8.78. The number of thiocarbonyl (C=S) groups is 1. The lowest BCUT2D eigenvalue weighted by Gasteiger charge is -2.14. The lowest BCUT2D eigenvalue weighted by Crippen LogP contribution is -2.34. The molecule has 31 heavy (non-hydrogen) atoms. The molecule has 0 radical (unpaired) electrons. The molecule has 0 bridgehead atoms. The fraction of sp³-hybridized carbons (Fsp3) is 0.348. The van der Waals surface area contributed by atoms with E-state index >= 15 is 0 Å². The summed E-state index contributed by atoms with van der Waals surface area (Å²) in [6.45, 7) is 6.71. The molecule has 0 aliphatic heterocycles. The fourth-order valence-corrected chi connectivity index (χ4v) is 3.24. The Hall–Kier alpha value is -2.45. The number of ether oxygens (including phenoxy) is 1. The van der Waals surface area contributed by atoms with Gasteiger partial charge in [0.1, 0.15) is 5.75 Å². The molecule has 2 amide bonds. The Morgan fingerprint density at radius 3 is 2.48 bits per heavy atom. The molecule has 0 aliphatic rings. The molecular weight excluding hydrogens is 478 g/mol. The topological polar surface area (TPSA) is 79.5 Å². The largest absolute Gasteiger partial charge is 0.493 e. The molecule has 2 rings (SSSR count). The first-order chi connectivity index (χ1) is 14.8. The zero-order valence-corrected chi connectivity index (χ0v) is 20.4. The smallest absolute Gasteiger partial charge is 0.261 e. The molecule has 0 aromatic heterocycles. The van der Waals surface area contributed by atoms with Crippen molar-refractivity contribution in [2.24, 2.45) is 5.92 Å². The van der Waals surface area contributed by atoms with Crippen LogP contribution in [0.25, 0.3) is 0 Å². The molecule has 0 atom stereocenters. The Morgan fingerprint density at radius 2 is 1.81 bits per heavy atom. The van der Waals surface area contributed by atoms with Gasteiger partial charge in [-0.3, -0.25) is 14.9 Å². The molecule has 2 aromatic carbocycles. The van der Waals surface area contributed by atoms with E-state index in [9.17, 15) is 9.59 Å². The van der Waals surface area contributed by atoms with Gasteiger partial charge in [-0.15, -0.1) is 0 Å². The van der Waals surface area contributed by atoms with Crippen LogP contribution in [-0.2, 0) is 4.79 Å². The van der Waals surface area contributed by atoms with Gasteiger partial charge in [0.15, 0.2) is 5.11 Å². The monoisotopic (exact) mass is 505 g/mol. The quantitative estimate of drug-likeness (QED) is 0.378. The molecule has 0 aliphatic carbocycles. The van der Waals surface area contributed by atoms with Gasteiger partial charge in [-0.2, -0.15) is 0 Å². The minimum absolute atomic E-state index is 0.0461. The summed E-state index contributed by atoms with van der Waals surface area (Å²) in [5.74, 6) is 0.595. The van der Waals surface area contributed by atoms with Gasteiger partial charge in [0.05, 0.1) is 12.2 Å². The summed E-state index contributed by atoms with van der Waals surface area (Å²) in [4.78, 5) is 24.6. The van der Waals surface area contributed by atoms with E-state index in [4.69, 9.17) is 17.0 Å². The molecule has 2 aromatic rings. The van der Waals surface area contributed by atoms with Crippen LogP contribution in [0.5, 0.6) is 5.75 Å². The molecule has 3 N–H and O–H groups in total. The van der Waals surface area contributed by atoms with E-state index in [1.807, 2.05) is 13.0 Å². The van der Waals surface area contributed by atoms with Gasteiger partial charge in [0.25, 0.3) is 5.91 Å². The van der Waals surface area contributed by atoms with Crippen molar-refractivity contribution in [3.63, 3.8) is 0 Å². The third-order valence-corrected chi connectivity index (χ3v) is 4.94. The molecule has 0 spiro atoms. The third-order valence-electron chi connectivity index (χ3n) is 4.25. The van der Waals surface area contributed by atoms with Crippen LogP contribution in [0, 0.1) is 5.92 Å². The fourth-order valence-electron chi connectivity index (χ4n) is 2.67. The molecule has 0 saturated heterocycles. The first-order valence-electron chi connectivity index (χ1n) is 10.2. The van der Waals surface area contributed by atoms with Gasteiger partial charge in [0.2, 0.25) is 5.91 Å². The summed E-state index contributed by atoms with van der Waals surface area (Å²) < 4.78 is 6.58. The van der Waals surface area contributed by atoms with Crippen LogP contribution in [0.15, 0.2) is 46.9 Å². The number of benzene rings is 2. The van der Waals surface area contributed by atoms with Gasteiger partial charge in [-0.1, -0.05) is 42.8 Å². The predicted octanol–water partition coefficient (Wildman–Crippen LogP) is 5.74. The van der Waals surface area contributed by atoms with Crippen LogP contribution in [-0.4, -0.2) is 23.5 Å². The highest BCUT2D eigenvalue weighted by Crippen LogP contribution is 2.24. The van der Waals surface area contributed by atoms with E-state index in [1.165, 1.54) is 0 Å². The maximum Gasteiger partial charge on any atom is 0.261 e. The number of halogens is 1. The van der Waals surface area contributed by atoms with Crippen molar-refractivity contribution in [2.45, 2.75) is 40.0 Å². The lowest BCUT2D eigenvalue weighted by atomic mass is 10.1. The van der Waals surface area contributed by atoms with Gasteiger partial charge in [0, 0.05) is 22.3 Å². The molecular formula is C23H28BrN3O3S. The highest BCUT2D eigenvalue weighted by atomic mass is 79.9. The first-order valence-corrected chi connectivity index (χ1v) is 11.4. The van der Waals surface area contributed by atoms with E-state index in [2.05, 4.69) is 45.7 Å². The Morgan fingerprint density at radius 1 is 1.10 bits per heavy atom. The molecule has 0 heterocycles. The lowest BCUT2D eigenvalue weighted by molar-refractivity contribution is -0.116. The Labute approximate surface area is 197 Å². The summed E-state index contributed by atoms with van der Waals surface area (Å²) in [6.07, 6.45) is 2.13. The second kappa shape index (κ2) is 12.4. The summed E-state index contributed by atoms with van der Waals surface area (Å²) in [7, 11) is 0. The maximum absolute atomic E-state index is 12.8. The Kier molecular flexibility index (Phi) is 9.94. The number of carbonyl (C=O) groups is 2. The van der Waals surface area contributed by atoms with Crippen molar-refractivity contribution in [1.29, 1.82) is 0 Å². The minimum atomic E-state index is -0.370. The molecule has 166 valence electrons. The molecule has 8 heteroatoms. The van der Waals surface area contributed by atoms with E-state index in [-0.39, 0.29) is 16.9 Å². The van der Waals surface area contributed by atoms with Crippen LogP contribution in [0.1, 0.15) is 50.4 Å². The summed E-state index contributed by atoms with van der Waals surface area (Å²) in [5.41, 5.74) is 1.70. The van der Waals surface area contributed by atoms with Gasteiger partial charge >= 0.3 is 0 Å². The average Bonchev–Trinajstić information content (AvgIpc) is 2.69. The molecule has 0 unspecified atom stereocenters. The standard InChI is InChI=1S/C23H28BrN3O3S/c1-4-6-21(28)25-17-7-5-8-18(14-17)26-23(31)27-22(29)19-13-16(24)9-10-20(19)30-12-11-15(2)3/h5,7-10,13-15H,4,6,11-12H2,1-3H3,(H,25,28)(H2,26,27,29,31). The van der Waals surface area contributed by atoms with Crippen molar-refractivity contribution >= 4 is 56.4 Å². The number of nitrogens with one attached hydrogen (secondary N) is 3. The number of amides is 2. The van der Waals surface area contributed by atoms with Crippen molar-refractivity contribution in [3.05, 3.63) is 52.5 Å². The first kappa shape index (κ1) is 24.8. The summed E-state index contributed by atoms with van der Waals surface area (Å²) in [5, 5.41) is 8.64. The van der Waals surface area contributed by atoms with Gasteiger partial charge in [-0.05, 0) is 67.4 Å². The average molecular weight is 506 g/mol. The summed E-state index contributed by atoms with van der Waals surface area (Å²) in [6, 6.07) is 12.4. The van der Waals surface area contributed by atoms with E-state index in [1.54, 1.807) is 36.4 Å². The zero-order chi connectivity index (χ0) is 22.8. The maximum atomic E-state index is 12.8. The van der Waals surface area contributed by atoms with Crippen molar-refractivity contribution in [2.75, 3.05) is 17.2 Å². The predicted molar refractivity (Wildman–Crippen MR) is 133 cm³/mol. The molecule has 0 fully saturated rings. The third kappa shape index (κ3) is 8.67. The SMILES string of the molecule is CCCC(=O)Nc1cccc(NC(=S)NC(=O)c2cc(Br)ccc2OCCC(C)C)c1. The Balaban J connectivity index is 2.02. The summed E-state index contributed by atoms with van der Waals surface area (Å²) >= 11 is 8.70. The number of hydrogen-bond acceptors (Lipinski definition) is 4. The van der Waals surface area contributed by atoms with Crippen LogP contribution in [0.2, 0.25) is 0 Å². The minimum Gasteiger partial charge on any atom is -0.493 e. The Bertz CT molecular complexity index is 934. The van der Waals surface area contributed by atoms with Crippen LogP contribution < -0.4 is 20.7 Å². The van der Waals surface area contributed by atoms with Crippen LogP contribution in [0.3, 0.4) is 0 Å². The number of carbonyl (C=O) groups excluding carboxylic acids is 2. The van der Waals surface area contributed by atoms with Crippen molar-refractivity contribution in [3.8, 4) is 5.75 Å². The van der Waals surface area contributed by atoms with Crippen molar-refractivity contribution < 1.29 is 14.3 Å². The normalized spacial score (nSPS) is 10.5. The molecule has 0 saturated carbocycles. The zero-order valence-electron chi connectivity index (χ0n) is 18.0. The van der Waals surface area contributed by atoms with Crippen molar-refractivity contribution in [1.82, 2.24) is 5.32 Å². The number of rotatable bonds is 9.